The van der Waals surface area contributed by atoms with E-state index in [-0.39, 0.29) is 13.0 Å². The predicted molar refractivity (Wildman–Crippen MR) is 35.3 cm³/mol. The molecule has 0 N–H and O–H groups in total. The van der Waals surface area contributed by atoms with Gasteiger partial charge in [-0.3, -0.25) is 0 Å². The molecule has 62 valence electrons. The molecule has 1 aliphatic rings. The van der Waals surface area contributed by atoms with Gasteiger partial charge in [0.15, 0.2) is 0 Å². The molecule has 0 spiro atoms. The van der Waals surface area contributed by atoms with Crippen LogP contribution >= 0.6 is 0 Å². The smallest absolute Gasteiger partial charge is 0.211 e. The molecule has 0 saturated heterocycles. The van der Waals surface area contributed by atoms with Crippen molar-refractivity contribution in [1.29, 1.82) is 0 Å². The Labute approximate surface area is 63.3 Å². The van der Waals surface area contributed by atoms with Crippen LogP contribution in [-0.4, -0.2) is 18.5 Å². The fourth-order valence-corrected chi connectivity index (χ4v) is 0.960. The van der Waals surface area contributed by atoms with Crippen molar-refractivity contribution in [3.05, 3.63) is 0 Å². The third-order valence-corrected chi connectivity index (χ3v) is 1.80. The van der Waals surface area contributed by atoms with Gasteiger partial charge in [-0.25, -0.2) is 18.6 Å². The van der Waals surface area contributed by atoms with Crippen molar-refractivity contribution in [1.82, 2.24) is 0 Å². The summed E-state index contributed by atoms with van der Waals surface area (Å²) in [4.78, 5) is 12.6. The van der Waals surface area contributed by atoms with Crippen LogP contribution in [-0.2, 0) is 4.79 Å². The maximum absolute atomic E-state index is 12.7. The van der Waals surface area contributed by atoms with Gasteiger partial charge in [-0.2, -0.15) is 0 Å². The fraction of sp³-hybridized carbons (Fsp3) is 0.857. The SMILES string of the molecule is O=C=NCCC(F)(F)C1CC1. The molecule has 1 fully saturated rings. The van der Waals surface area contributed by atoms with E-state index < -0.39 is 11.8 Å². The Morgan fingerprint density at radius 1 is 1.55 bits per heavy atom. The zero-order valence-corrected chi connectivity index (χ0v) is 6.02. The summed E-state index contributed by atoms with van der Waals surface area (Å²) in [6.45, 7) is -0.104. The Bertz CT molecular complexity index is 183. The lowest BCUT2D eigenvalue weighted by Crippen LogP contribution is -2.19. The summed E-state index contributed by atoms with van der Waals surface area (Å²) in [6.07, 6.45) is 2.15. The summed E-state index contributed by atoms with van der Waals surface area (Å²) in [5.74, 6) is -3.07. The van der Waals surface area contributed by atoms with Gasteiger partial charge in [0.25, 0.3) is 5.92 Å². The Hall–Kier alpha value is -0.760. The summed E-state index contributed by atoms with van der Waals surface area (Å²) in [5.41, 5.74) is 0. The van der Waals surface area contributed by atoms with Crippen molar-refractivity contribution < 1.29 is 13.6 Å². The molecule has 0 amide bonds. The van der Waals surface area contributed by atoms with E-state index in [1.165, 1.54) is 6.08 Å². The quantitative estimate of drug-likeness (QED) is 0.456. The Morgan fingerprint density at radius 3 is 2.64 bits per heavy atom. The zero-order valence-electron chi connectivity index (χ0n) is 6.02. The van der Waals surface area contributed by atoms with E-state index in [1.54, 1.807) is 0 Å². The summed E-state index contributed by atoms with van der Waals surface area (Å²) in [7, 11) is 0. The second-order valence-electron chi connectivity index (χ2n) is 2.76. The largest absolute Gasteiger partial charge is 0.252 e. The molecule has 0 bridgehead atoms. The average molecular weight is 161 g/mol. The maximum Gasteiger partial charge on any atom is 0.252 e. The molecule has 1 saturated carbocycles. The predicted octanol–water partition coefficient (Wildman–Crippen LogP) is 1.76. The highest BCUT2D eigenvalue weighted by Crippen LogP contribution is 2.45. The Kier molecular flexibility index (Phi) is 2.35. The van der Waals surface area contributed by atoms with Crippen molar-refractivity contribution in [3.63, 3.8) is 0 Å². The van der Waals surface area contributed by atoms with Crippen LogP contribution in [0, 0.1) is 5.92 Å². The molecule has 0 aromatic rings. The maximum atomic E-state index is 12.7. The monoisotopic (exact) mass is 161 g/mol. The van der Waals surface area contributed by atoms with E-state index in [4.69, 9.17) is 0 Å². The van der Waals surface area contributed by atoms with Gasteiger partial charge in [0.2, 0.25) is 6.08 Å². The topological polar surface area (TPSA) is 29.4 Å². The molecule has 1 rings (SSSR count). The average Bonchev–Trinajstić information content (AvgIpc) is 2.68. The third-order valence-electron chi connectivity index (χ3n) is 1.80. The third kappa shape index (κ3) is 2.39. The normalized spacial score (nSPS) is 17.6. The minimum Gasteiger partial charge on any atom is -0.211 e. The molecular weight excluding hydrogens is 152 g/mol. The molecule has 0 aromatic heterocycles. The summed E-state index contributed by atoms with van der Waals surface area (Å²) < 4.78 is 25.5. The van der Waals surface area contributed by atoms with Crippen LogP contribution in [0.3, 0.4) is 0 Å². The lowest BCUT2D eigenvalue weighted by molar-refractivity contribution is -0.0278. The van der Waals surface area contributed by atoms with Crippen molar-refractivity contribution in [2.75, 3.05) is 6.54 Å². The highest BCUT2D eigenvalue weighted by Gasteiger charge is 2.45. The van der Waals surface area contributed by atoms with E-state index in [9.17, 15) is 13.6 Å². The highest BCUT2D eigenvalue weighted by molar-refractivity contribution is 5.32. The van der Waals surface area contributed by atoms with E-state index >= 15 is 0 Å². The fourth-order valence-electron chi connectivity index (χ4n) is 0.960. The number of hydrogen-bond donors (Lipinski definition) is 0. The minimum atomic E-state index is -2.61. The number of isocyanates is 1. The summed E-state index contributed by atoms with van der Waals surface area (Å²) in [5, 5.41) is 0. The van der Waals surface area contributed by atoms with E-state index in [2.05, 4.69) is 4.99 Å². The molecule has 0 aromatic carbocycles. The summed E-state index contributed by atoms with van der Waals surface area (Å²) in [6, 6.07) is 0. The van der Waals surface area contributed by atoms with Crippen LogP contribution in [0.4, 0.5) is 8.78 Å². The highest BCUT2D eigenvalue weighted by atomic mass is 19.3. The van der Waals surface area contributed by atoms with Crippen molar-refractivity contribution >= 4 is 6.08 Å². The standard InChI is InChI=1S/C7H9F2NO/c8-7(9,6-1-2-6)3-4-10-5-11/h6H,1-4H2. The second kappa shape index (κ2) is 3.09. The number of alkyl halides is 2. The van der Waals surface area contributed by atoms with Crippen LogP contribution < -0.4 is 0 Å². The van der Waals surface area contributed by atoms with Gasteiger partial charge in [0.05, 0.1) is 6.54 Å². The molecule has 11 heavy (non-hydrogen) atoms. The molecule has 4 heteroatoms. The van der Waals surface area contributed by atoms with Gasteiger partial charge in [-0.15, -0.1) is 0 Å². The van der Waals surface area contributed by atoms with Crippen LogP contribution in [0.5, 0.6) is 0 Å². The second-order valence-corrected chi connectivity index (χ2v) is 2.76. The van der Waals surface area contributed by atoms with Gasteiger partial charge in [0, 0.05) is 12.3 Å². The molecule has 0 atom stereocenters. The Morgan fingerprint density at radius 2 is 2.18 bits per heavy atom. The number of aliphatic imine (C=N–C) groups is 1. The number of rotatable bonds is 4. The number of halogens is 2. The van der Waals surface area contributed by atoms with Crippen LogP contribution in [0.1, 0.15) is 19.3 Å². The molecule has 2 nitrogen and oxygen atoms in total. The molecule has 0 radical (unpaired) electrons. The number of nitrogens with zero attached hydrogens (tertiary/aromatic N) is 1. The van der Waals surface area contributed by atoms with Gasteiger partial charge >= 0.3 is 0 Å². The van der Waals surface area contributed by atoms with Gasteiger partial charge in [-0.05, 0) is 12.8 Å². The van der Waals surface area contributed by atoms with Gasteiger partial charge in [0.1, 0.15) is 0 Å². The number of carbonyl (C=O) groups excluding carboxylic acids is 1. The first kappa shape index (κ1) is 8.34. The molecule has 0 unspecified atom stereocenters. The van der Waals surface area contributed by atoms with Crippen LogP contribution in [0.2, 0.25) is 0 Å². The summed E-state index contributed by atoms with van der Waals surface area (Å²) >= 11 is 0. The van der Waals surface area contributed by atoms with E-state index in [0.29, 0.717) is 12.8 Å². The van der Waals surface area contributed by atoms with Crippen molar-refractivity contribution in [2.45, 2.75) is 25.2 Å². The molecule has 1 aliphatic carbocycles. The first-order chi connectivity index (χ1) is 5.17. The minimum absolute atomic E-state index is 0.104. The van der Waals surface area contributed by atoms with Gasteiger partial charge in [-0.1, -0.05) is 0 Å². The lowest BCUT2D eigenvalue weighted by Gasteiger charge is -2.12. The lowest BCUT2D eigenvalue weighted by atomic mass is 10.1. The van der Waals surface area contributed by atoms with Crippen molar-refractivity contribution in [3.8, 4) is 0 Å². The first-order valence-electron chi connectivity index (χ1n) is 3.58. The Balaban J connectivity index is 2.27. The number of hydrogen-bond acceptors (Lipinski definition) is 2. The van der Waals surface area contributed by atoms with Crippen molar-refractivity contribution in [2.24, 2.45) is 10.9 Å². The first-order valence-corrected chi connectivity index (χ1v) is 3.58. The van der Waals surface area contributed by atoms with Crippen LogP contribution in [0.15, 0.2) is 4.99 Å². The van der Waals surface area contributed by atoms with E-state index in [0.717, 1.165) is 0 Å². The molecular formula is C7H9F2NO. The van der Waals surface area contributed by atoms with Gasteiger partial charge < -0.3 is 0 Å². The van der Waals surface area contributed by atoms with E-state index in [1.807, 2.05) is 0 Å². The zero-order chi connectivity index (χ0) is 8.32. The van der Waals surface area contributed by atoms with Crippen LogP contribution in [0.25, 0.3) is 0 Å². The molecule has 0 aliphatic heterocycles. The molecule has 0 heterocycles.